The number of nitrogens with one attached hydrogen (secondary N) is 3. The zero-order valence-corrected chi connectivity index (χ0v) is 18.6. The van der Waals surface area contributed by atoms with Gasteiger partial charge in [0.1, 0.15) is 13.2 Å². The minimum Gasteiger partial charge on any atom is -0.486 e. The van der Waals surface area contributed by atoms with E-state index >= 15 is 0 Å². The van der Waals surface area contributed by atoms with Crippen molar-refractivity contribution in [3.05, 3.63) is 82.9 Å². The molecule has 170 valence electrons. The zero-order chi connectivity index (χ0) is 23.4. The minimum atomic E-state index is -4.05. The Hall–Kier alpha value is -3.76. The number of sulfonamides is 1. The second-order valence-electron chi connectivity index (χ2n) is 6.84. The predicted octanol–water partition coefficient (Wildman–Crippen LogP) is 2.99. The number of carbonyl (C=O) groups is 2. The second kappa shape index (κ2) is 9.39. The highest BCUT2D eigenvalue weighted by Gasteiger charge is 2.22. The molecular formula is C22H18ClN3O6S. The molecule has 0 atom stereocenters. The molecule has 9 nitrogen and oxygen atoms in total. The lowest BCUT2D eigenvalue weighted by atomic mass is 10.2. The molecule has 0 saturated carbocycles. The highest BCUT2D eigenvalue weighted by atomic mass is 35.5. The van der Waals surface area contributed by atoms with Gasteiger partial charge in [-0.25, -0.2) is 8.42 Å². The second-order valence-corrected chi connectivity index (χ2v) is 8.93. The van der Waals surface area contributed by atoms with Gasteiger partial charge in [-0.3, -0.25) is 25.2 Å². The summed E-state index contributed by atoms with van der Waals surface area (Å²) >= 11 is 5.98. The van der Waals surface area contributed by atoms with Gasteiger partial charge in [0.15, 0.2) is 11.5 Å². The van der Waals surface area contributed by atoms with Gasteiger partial charge in [0, 0.05) is 6.07 Å². The Bertz CT molecular complexity index is 1330. The van der Waals surface area contributed by atoms with Crippen LogP contribution in [0.1, 0.15) is 20.7 Å². The number of ether oxygens (including phenoxy) is 2. The summed E-state index contributed by atoms with van der Waals surface area (Å²) in [6, 6.07) is 16.6. The molecule has 3 aromatic rings. The third-order valence-corrected chi connectivity index (χ3v) is 6.34. The topological polar surface area (TPSA) is 123 Å². The molecule has 1 aliphatic rings. The van der Waals surface area contributed by atoms with E-state index < -0.39 is 21.8 Å². The van der Waals surface area contributed by atoms with Crippen LogP contribution in [-0.2, 0) is 10.0 Å². The summed E-state index contributed by atoms with van der Waals surface area (Å²) in [5, 5.41) is 0.219. The molecule has 0 bridgehead atoms. The lowest BCUT2D eigenvalue weighted by Crippen LogP contribution is -2.42. The Morgan fingerprint density at radius 3 is 2.12 bits per heavy atom. The van der Waals surface area contributed by atoms with Crippen molar-refractivity contribution in [2.24, 2.45) is 0 Å². The molecule has 0 radical (unpaired) electrons. The molecule has 0 fully saturated rings. The molecule has 1 heterocycles. The number of halogens is 1. The normalized spacial score (nSPS) is 12.5. The third-order valence-electron chi connectivity index (χ3n) is 4.65. The number of carbonyl (C=O) groups excluding carboxylic acids is 2. The fourth-order valence-corrected chi connectivity index (χ4v) is 4.37. The first-order valence-corrected chi connectivity index (χ1v) is 11.6. The van der Waals surface area contributed by atoms with Crippen LogP contribution in [0.5, 0.6) is 11.5 Å². The molecule has 2 amide bonds. The monoisotopic (exact) mass is 487 g/mol. The first kappa shape index (κ1) is 22.4. The molecule has 0 unspecified atom stereocenters. The van der Waals surface area contributed by atoms with E-state index in [1.807, 2.05) is 0 Å². The summed E-state index contributed by atoms with van der Waals surface area (Å²) in [4.78, 5) is 24.9. The first-order chi connectivity index (χ1) is 15.8. The van der Waals surface area contributed by atoms with Crippen LogP contribution in [0.4, 0.5) is 5.69 Å². The quantitative estimate of drug-likeness (QED) is 0.475. The minimum absolute atomic E-state index is 0.00178. The van der Waals surface area contributed by atoms with Crippen LogP contribution in [0.25, 0.3) is 0 Å². The molecule has 1 aliphatic heterocycles. The fraction of sp³-hybridized carbons (Fsp3) is 0.0909. The van der Waals surface area contributed by atoms with Crippen molar-refractivity contribution in [1.82, 2.24) is 10.9 Å². The van der Waals surface area contributed by atoms with Gasteiger partial charge in [-0.1, -0.05) is 35.9 Å². The standard InChI is InChI=1S/C22H18ClN3O6S/c23-17-7-3-1-5-15(17)21(27)24-25-22(28)16-6-2-4-8-18(16)26-33(29,30)14-9-10-19-20(13-14)32-12-11-31-19/h1-10,13,26H,11-12H2,(H,24,27)(H,25,28). The number of hydrogen-bond acceptors (Lipinski definition) is 6. The Balaban J connectivity index is 1.50. The molecule has 3 aromatic carbocycles. The lowest BCUT2D eigenvalue weighted by Gasteiger charge is -2.19. The van der Waals surface area contributed by atoms with E-state index in [-0.39, 0.29) is 26.7 Å². The molecule has 0 spiro atoms. The molecule has 11 heteroatoms. The van der Waals surface area contributed by atoms with Crippen LogP contribution in [0.2, 0.25) is 5.02 Å². The number of fused-ring (bicyclic) bond motifs is 1. The molecular weight excluding hydrogens is 470 g/mol. The molecule has 4 rings (SSSR count). The first-order valence-electron chi connectivity index (χ1n) is 9.72. The zero-order valence-electron chi connectivity index (χ0n) is 17.0. The summed E-state index contributed by atoms with van der Waals surface area (Å²) in [7, 11) is -4.05. The summed E-state index contributed by atoms with van der Waals surface area (Å²) in [6.45, 7) is 0.694. The summed E-state index contributed by atoms with van der Waals surface area (Å²) < 4.78 is 39.1. The molecule has 0 aromatic heterocycles. The van der Waals surface area contributed by atoms with E-state index in [1.54, 1.807) is 30.3 Å². The van der Waals surface area contributed by atoms with Crippen LogP contribution < -0.4 is 25.0 Å². The van der Waals surface area contributed by atoms with Gasteiger partial charge >= 0.3 is 0 Å². The van der Waals surface area contributed by atoms with Crippen molar-refractivity contribution >= 4 is 39.1 Å². The predicted molar refractivity (Wildman–Crippen MR) is 121 cm³/mol. The largest absolute Gasteiger partial charge is 0.486 e. The average molecular weight is 488 g/mol. The van der Waals surface area contributed by atoms with Gasteiger partial charge in [-0.15, -0.1) is 0 Å². The van der Waals surface area contributed by atoms with Crippen molar-refractivity contribution < 1.29 is 27.5 Å². The molecule has 3 N–H and O–H groups in total. The highest BCUT2D eigenvalue weighted by molar-refractivity contribution is 7.92. The van der Waals surface area contributed by atoms with Gasteiger partial charge in [0.05, 0.1) is 26.7 Å². The lowest BCUT2D eigenvalue weighted by molar-refractivity contribution is 0.0847. The summed E-state index contributed by atoms with van der Waals surface area (Å²) in [5.74, 6) is -0.578. The van der Waals surface area contributed by atoms with Crippen LogP contribution in [0, 0.1) is 0 Å². The number of para-hydroxylation sites is 1. The van der Waals surface area contributed by atoms with Crippen LogP contribution in [-0.4, -0.2) is 33.4 Å². The van der Waals surface area contributed by atoms with E-state index in [4.69, 9.17) is 21.1 Å². The van der Waals surface area contributed by atoms with E-state index in [9.17, 15) is 18.0 Å². The summed E-state index contributed by atoms with van der Waals surface area (Å²) in [5.41, 5.74) is 4.72. The number of hydrogen-bond donors (Lipinski definition) is 3. The van der Waals surface area contributed by atoms with Gasteiger partial charge in [-0.05, 0) is 36.4 Å². The highest BCUT2D eigenvalue weighted by Crippen LogP contribution is 2.33. The number of benzene rings is 3. The summed E-state index contributed by atoms with van der Waals surface area (Å²) in [6.07, 6.45) is 0. The van der Waals surface area contributed by atoms with Crippen LogP contribution in [0.15, 0.2) is 71.6 Å². The number of amides is 2. The van der Waals surface area contributed by atoms with Crippen LogP contribution >= 0.6 is 11.6 Å². The molecule has 33 heavy (non-hydrogen) atoms. The van der Waals surface area contributed by atoms with Crippen molar-refractivity contribution in [2.75, 3.05) is 17.9 Å². The van der Waals surface area contributed by atoms with Gasteiger partial charge in [-0.2, -0.15) is 0 Å². The van der Waals surface area contributed by atoms with Crippen molar-refractivity contribution in [3.63, 3.8) is 0 Å². The maximum atomic E-state index is 12.9. The van der Waals surface area contributed by atoms with E-state index in [0.717, 1.165) is 0 Å². The SMILES string of the molecule is O=C(NNC(=O)c1ccccc1NS(=O)(=O)c1ccc2c(c1)OCCO2)c1ccccc1Cl. The van der Waals surface area contributed by atoms with Crippen LogP contribution in [0.3, 0.4) is 0 Å². The third kappa shape index (κ3) is 5.02. The van der Waals surface area contributed by atoms with E-state index in [2.05, 4.69) is 15.6 Å². The molecule has 0 saturated heterocycles. The molecule has 0 aliphatic carbocycles. The van der Waals surface area contributed by atoms with Gasteiger partial charge < -0.3 is 9.47 Å². The van der Waals surface area contributed by atoms with Crippen molar-refractivity contribution in [1.29, 1.82) is 0 Å². The van der Waals surface area contributed by atoms with E-state index in [0.29, 0.717) is 24.7 Å². The number of anilines is 1. The Morgan fingerprint density at radius 2 is 1.39 bits per heavy atom. The maximum Gasteiger partial charge on any atom is 0.271 e. The fourth-order valence-electron chi connectivity index (χ4n) is 3.06. The van der Waals surface area contributed by atoms with Gasteiger partial charge in [0.2, 0.25) is 0 Å². The number of rotatable bonds is 5. The van der Waals surface area contributed by atoms with Gasteiger partial charge in [0.25, 0.3) is 21.8 Å². The smallest absolute Gasteiger partial charge is 0.271 e. The average Bonchev–Trinajstić information content (AvgIpc) is 2.82. The maximum absolute atomic E-state index is 12.9. The van der Waals surface area contributed by atoms with E-state index in [1.165, 1.54) is 36.4 Å². The Labute approximate surface area is 194 Å². The Morgan fingerprint density at radius 1 is 0.788 bits per heavy atom. The number of hydrazine groups is 1. The van der Waals surface area contributed by atoms with Crippen molar-refractivity contribution in [2.45, 2.75) is 4.90 Å². The Kier molecular flexibility index (Phi) is 6.38. The van der Waals surface area contributed by atoms with Crippen molar-refractivity contribution in [3.8, 4) is 11.5 Å².